The van der Waals surface area contributed by atoms with Gasteiger partial charge in [0.1, 0.15) is 0 Å². The van der Waals surface area contributed by atoms with Crippen molar-refractivity contribution in [2.75, 3.05) is 13.1 Å². The molecule has 4 heteroatoms. The normalized spacial score (nSPS) is 20.0. The van der Waals surface area contributed by atoms with Crippen LogP contribution < -0.4 is 5.73 Å². The molecule has 13 heavy (non-hydrogen) atoms. The molecule has 0 saturated carbocycles. The molecule has 1 heterocycles. The molecule has 0 radical (unpaired) electrons. The molecule has 0 spiro atoms. The highest BCUT2D eigenvalue weighted by Gasteiger charge is 2.17. The van der Waals surface area contributed by atoms with Crippen molar-refractivity contribution in [1.29, 1.82) is 0 Å². The Balaban J connectivity index is 0.00000144. The molecule has 0 bridgehead atoms. The summed E-state index contributed by atoms with van der Waals surface area (Å²) in [6, 6.07) is -0.330. The molecule has 3 nitrogen and oxygen atoms in total. The lowest BCUT2D eigenvalue weighted by molar-refractivity contribution is -0.132. The van der Waals surface area contributed by atoms with E-state index in [1.54, 1.807) is 6.92 Å². The Bertz CT molecular complexity index is 154. The molecule has 1 atom stereocenters. The highest BCUT2D eigenvalue weighted by Crippen LogP contribution is 2.10. The molecule has 1 aliphatic rings. The smallest absolute Gasteiger partial charge is 0.239 e. The van der Waals surface area contributed by atoms with Gasteiger partial charge < -0.3 is 10.6 Å². The standard InChI is InChI=1S/C9H18N2O.ClH/c1-8(10)9(12)11-6-4-2-3-5-7-11;/h8H,2-7,10H2,1H3;1H. The molecule has 78 valence electrons. The third-order valence-electron chi connectivity index (χ3n) is 2.31. The first-order chi connectivity index (χ1) is 5.72. The molecule has 0 aromatic heterocycles. The topological polar surface area (TPSA) is 46.3 Å². The third kappa shape index (κ3) is 3.96. The van der Waals surface area contributed by atoms with E-state index >= 15 is 0 Å². The largest absolute Gasteiger partial charge is 0.341 e. The van der Waals surface area contributed by atoms with Crippen LogP contribution in [0.1, 0.15) is 32.6 Å². The molecule has 0 aromatic carbocycles. The Kier molecular flexibility index (Phi) is 6.08. The van der Waals surface area contributed by atoms with Crippen LogP contribution in [0.4, 0.5) is 0 Å². The molecular weight excluding hydrogens is 188 g/mol. The molecule has 1 rings (SSSR count). The summed E-state index contributed by atoms with van der Waals surface area (Å²) in [5.41, 5.74) is 5.53. The first-order valence-corrected chi connectivity index (χ1v) is 4.76. The van der Waals surface area contributed by atoms with Gasteiger partial charge in [-0.25, -0.2) is 0 Å². The molecule has 1 unspecified atom stereocenters. The number of nitrogens with two attached hydrogens (primary N) is 1. The first-order valence-electron chi connectivity index (χ1n) is 4.76. The van der Waals surface area contributed by atoms with Gasteiger partial charge in [-0.1, -0.05) is 12.8 Å². The molecule has 1 aliphatic heterocycles. The summed E-state index contributed by atoms with van der Waals surface area (Å²) < 4.78 is 0. The average molecular weight is 207 g/mol. The number of hydrogen-bond acceptors (Lipinski definition) is 2. The van der Waals surface area contributed by atoms with Crippen LogP contribution in [0.25, 0.3) is 0 Å². The number of nitrogens with zero attached hydrogens (tertiary/aromatic N) is 1. The number of halogens is 1. The Morgan fingerprint density at radius 1 is 1.23 bits per heavy atom. The molecule has 1 saturated heterocycles. The van der Waals surface area contributed by atoms with Gasteiger partial charge in [0.05, 0.1) is 6.04 Å². The Morgan fingerprint density at radius 3 is 2.08 bits per heavy atom. The quantitative estimate of drug-likeness (QED) is 0.700. The van der Waals surface area contributed by atoms with E-state index < -0.39 is 0 Å². The van der Waals surface area contributed by atoms with Crippen molar-refractivity contribution in [2.45, 2.75) is 38.6 Å². The van der Waals surface area contributed by atoms with Crippen molar-refractivity contribution in [3.63, 3.8) is 0 Å². The van der Waals surface area contributed by atoms with E-state index in [2.05, 4.69) is 0 Å². The van der Waals surface area contributed by atoms with Crippen LogP contribution in [0.15, 0.2) is 0 Å². The number of carbonyl (C=O) groups excluding carboxylic acids is 1. The number of amides is 1. The summed E-state index contributed by atoms with van der Waals surface area (Å²) in [5.74, 6) is 0.108. The van der Waals surface area contributed by atoms with E-state index in [0.717, 1.165) is 25.9 Å². The fourth-order valence-electron chi connectivity index (χ4n) is 1.58. The van der Waals surface area contributed by atoms with Crippen molar-refractivity contribution in [3.8, 4) is 0 Å². The van der Waals surface area contributed by atoms with Crippen molar-refractivity contribution >= 4 is 18.3 Å². The maximum atomic E-state index is 11.5. The zero-order valence-electron chi connectivity index (χ0n) is 8.16. The van der Waals surface area contributed by atoms with Gasteiger partial charge in [-0.3, -0.25) is 4.79 Å². The minimum Gasteiger partial charge on any atom is -0.341 e. The van der Waals surface area contributed by atoms with E-state index in [4.69, 9.17) is 5.73 Å². The highest BCUT2D eigenvalue weighted by atomic mass is 35.5. The van der Waals surface area contributed by atoms with Gasteiger partial charge >= 0.3 is 0 Å². The highest BCUT2D eigenvalue weighted by molar-refractivity contribution is 5.85. The monoisotopic (exact) mass is 206 g/mol. The van der Waals surface area contributed by atoms with Crippen molar-refractivity contribution in [3.05, 3.63) is 0 Å². The fraction of sp³-hybridized carbons (Fsp3) is 0.889. The predicted molar refractivity (Wildman–Crippen MR) is 55.9 cm³/mol. The van der Waals surface area contributed by atoms with E-state index in [-0.39, 0.29) is 24.4 Å². The van der Waals surface area contributed by atoms with Crippen LogP contribution in [-0.2, 0) is 4.79 Å². The van der Waals surface area contributed by atoms with Gasteiger partial charge in [0.2, 0.25) is 5.91 Å². The second kappa shape index (κ2) is 6.22. The summed E-state index contributed by atoms with van der Waals surface area (Å²) in [6.07, 6.45) is 4.78. The van der Waals surface area contributed by atoms with Crippen LogP contribution in [0.3, 0.4) is 0 Å². The molecular formula is C9H19ClN2O. The second-order valence-electron chi connectivity index (χ2n) is 3.53. The number of carbonyl (C=O) groups is 1. The van der Waals surface area contributed by atoms with E-state index in [1.807, 2.05) is 4.90 Å². The van der Waals surface area contributed by atoms with E-state index in [9.17, 15) is 4.79 Å². The van der Waals surface area contributed by atoms with Crippen molar-refractivity contribution in [1.82, 2.24) is 4.90 Å². The zero-order chi connectivity index (χ0) is 8.97. The number of rotatable bonds is 1. The van der Waals surface area contributed by atoms with Gasteiger partial charge in [0.15, 0.2) is 0 Å². The van der Waals surface area contributed by atoms with Gasteiger partial charge in [-0.15, -0.1) is 12.4 Å². The summed E-state index contributed by atoms with van der Waals surface area (Å²) in [4.78, 5) is 13.4. The summed E-state index contributed by atoms with van der Waals surface area (Å²) in [7, 11) is 0. The number of hydrogen-bond donors (Lipinski definition) is 1. The molecule has 1 fully saturated rings. The van der Waals surface area contributed by atoms with Gasteiger partial charge in [0.25, 0.3) is 0 Å². The van der Waals surface area contributed by atoms with Crippen LogP contribution in [0, 0.1) is 0 Å². The zero-order valence-corrected chi connectivity index (χ0v) is 8.98. The fourth-order valence-corrected chi connectivity index (χ4v) is 1.58. The van der Waals surface area contributed by atoms with E-state index in [0.29, 0.717) is 0 Å². The molecule has 0 aromatic rings. The Morgan fingerprint density at radius 2 is 1.69 bits per heavy atom. The van der Waals surface area contributed by atoms with Crippen molar-refractivity contribution < 1.29 is 4.79 Å². The van der Waals surface area contributed by atoms with Gasteiger partial charge in [-0.05, 0) is 19.8 Å². The van der Waals surface area contributed by atoms with Crippen LogP contribution in [-0.4, -0.2) is 29.9 Å². The lowest BCUT2D eigenvalue weighted by Gasteiger charge is -2.21. The minimum atomic E-state index is -0.330. The van der Waals surface area contributed by atoms with Crippen molar-refractivity contribution in [2.24, 2.45) is 5.73 Å². The Hall–Kier alpha value is -0.280. The maximum absolute atomic E-state index is 11.5. The van der Waals surface area contributed by atoms with Gasteiger partial charge in [0, 0.05) is 13.1 Å². The van der Waals surface area contributed by atoms with Crippen LogP contribution in [0.5, 0.6) is 0 Å². The average Bonchev–Trinajstić information content (AvgIpc) is 2.30. The second-order valence-corrected chi connectivity index (χ2v) is 3.53. The first kappa shape index (κ1) is 12.7. The van der Waals surface area contributed by atoms with Crippen LogP contribution in [0.2, 0.25) is 0 Å². The summed E-state index contributed by atoms with van der Waals surface area (Å²) in [5, 5.41) is 0. The number of likely N-dealkylation sites (tertiary alicyclic amines) is 1. The Labute approximate surface area is 86.1 Å². The summed E-state index contributed by atoms with van der Waals surface area (Å²) in [6.45, 7) is 3.56. The summed E-state index contributed by atoms with van der Waals surface area (Å²) >= 11 is 0. The van der Waals surface area contributed by atoms with Gasteiger partial charge in [-0.2, -0.15) is 0 Å². The molecule has 1 amide bonds. The lowest BCUT2D eigenvalue weighted by Crippen LogP contribution is -2.42. The predicted octanol–water partition coefficient (Wildman–Crippen LogP) is 1.16. The maximum Gasteiger partial charge on any atom is 0.239 e. The van der Waals surface area contributed by atoms with Crippen LogP contribution >= 0.6 is 12.4 Å². The van der Waals surface area contributed by atoms with E-state index in [1.165, 1.54) is 12.8 Å². The molecule has 0 aliphatic carbocycles. The third-order valence-corrected chi connectivity index (χ3v) is 2.31. The lowest BCUT2D eigenvalue weighted by atomic mass is 10.2. The molecule has 2 N–H and O–H groups in total. The minimum absolute atomic E-state index is 0. The SMILES string of the molecule is CC(N)C(=O)N1CCCCCC1.Cl.